The number of hydrogen-bond donors (Lipinski definition) is 3. The molecule has 0 saturated heterocycles. The summed E-state index contributed by atoms with van der Waals surface area (Å²) in [5.41, 5.74) is 8.93. The van der Waals surface area contributed by atoms with Crippen LogP contribution < -0.4 is 16.6 Å². The van der Waals surface area contributed by atoms with Crippen molar-refractivity contribution in [2.45, 2.75) is 6.54 Å². The normalized spacial score (nSPS) is 10.7. The molecule has 0 atom stereocenters. The molecule has 0 radical (unpaired) electrons. The summed E-state index contributed by atoms with van der Waals surface area (Å²) in [6.45, 7) is 0.697. The molecule has 2 aromatic heterocycles. The van der Waals surface area contributed by atoms with Gasteiger partial charge in [0, 0.05) is 6.54 Å². The first-order valence-corrected chi connectivity index (χ1v) is 6.70. The first-order valence-electron chi connectivity index (χ1n) is 5.76. The molecular formula is C13H12N4OS. The third kappa shape index (κ3) is 2.30. The van der Waals surface area contributed by atoms with Crippen LogP contribution in [0.1, 0.15) is 5.56 Å². The number of aromatic amines is 1. The Balaban J connectivity index is 1.95. The molecule has 19 heavy (non-hydrogen) atoms. The molecule has 6 heteroatoms. The molecule has 3 aromatic rings. The third-order valence-electron chi connectivity index (χ3n) is 2.87. The molecule has 0 aliphatic heterocycles. The Morgan fingerprint density at radius 3 is 3.11 bits per heavy atom. The summed E-state index contributed by atoms with van der Waals surface area (Å²) in [4.78, 5) is 18.3. The van der Waals surface area contributed by atoms with Crippen molar-refractivity contribution in [1.29, 1.82) is 0 Å². The lowest BCUT2D eigenvalue weighted by atomic mass is 10.2. The number of nitrogens with zero attached hydrogens (tertiary/aromatic N) is 1. The molecule has 0 fully saturated rings. The van der Waals surface area contributed by atoms with Crippen LogP contribution in [-0.4, -0.2) is 9.97 Å². The summed E-state index contributed by atoms with van der Waals surface area (Å²) >= 11 is 1.65. The van der Waals surface area contributed by atoms with Crippen LogP contribution in [-0.2, 0) is 6.54 Å². The number of nitrogens with one attached hydrogen (secondary N) is 2. The highest BCUT2D eigenvalue weighted by Crippen LogP contribution is 2.23. The van der Waals surface area contributed by atoms with E-state index in [0.717, 1.165) is 5.69 Å². The lowest BCUT2D eigenvalue weighted by molar-refractivity contribution is 1.15. The zero-order valence-corrected chi connectivity index (χ0v) is 10.8. The van der Waals surface area contributed by atoms with E-state index in [0.29, 0.717) is 23.1 Å². The molecule has 0 unspecified atom stereocenters. The van der Waals surface area contributed by atoms with Crippen LogP contribution in [0.3, 0.4) is 0 Å². The second-order valence-corrected chi connectivity index (χ2v) is 4.95. The lowest BCUT2D eigenvalue weighted by Gasteiger charge is -2.09. The fourth-order valence-corrected chi connectivity index (χ4v) is 2.54. The van der Waals surface area contributed by atoms with Gasteiger partial charge < -0.3 is 16.0 Å². The Hall–Kier alpha value is -2.34. The lowest BCUT2D eigenvalue weighted by Crippen LogP contribution is -2.08. The van der Waals surface area contributed by atoms with Crippen molar-refractivity contribution in [1.82, 2.24) is 9.97 Å². The number of nitrogen functional groups attached to an aromatic ring is 1. The molecule has 0 aliphatic carbocycles. The smallest absolute Gasteiger partial charge is 0.258 e. The number of aromatic nitrogens is 2. The molecule has 4 N–H and O–H groups in total. The standard InChI is InChI=1S/C13H12N4OS/c14-10-3-9-11(16-7-17-13(9)18)4-12(10)15-5-8-1-2-19-6-8/h1-4,6-7,15H,5,14H2,(H,16,17,18). The SMILES string of the molecule is Nc1cc2c(=O)[nH]cnc2cc1NCc1ccsc1. The highest BCUT2D eigenvalue weighted by atomic mass is 32.1. The summed E-state index contributed by atoms with van der Waals surface area (Å²) in [6.07, 6.45) is 1.39. The van der Waals surface area contributed by atoms with Gasteiger partial charge in [-0.1, -0.05) is 0 Å². The zero-order chi connectivity index (χ0) is 13.2. The van der Waals surface area contributed by atoms with E-state index in [4.69, 9.17) is 5.73 Å². The summed E-state index contributed by atoms with van der Waals surface area (Å²) in [5.74, 6) is 0. The molecule has 5 nitrogen and oxygen atoms in total. The number of benzene rings is 1. The summed E-state index contributed by atoms with van der Waals surface area (Å²) in [5, 5.41) is 7.86. The van der Waals surface area contributed by atoms with Gasteiger partial charge in [0.25, 0.3) is 5.56 Å². The van der Waals surface area contributed by atoms with Crippen molar-refractivity contribution in [3.8, 4) is 0 Å². The van der Waals surface area contributed by atoms with E-state index in [1.165, 1.54) is 11.9 Å². The van der Waals surface area contributed by atoms with Crippen LogP contribution in [0.25, 0.3) is 10.9 Å². The molecule has 0 aliphatic rings. The van der Waals surface area contributed by atoms with E-state index in [-0.39, 0.29) is 5.56 Å². The van der Waals surface area contributed by atoms with Gasteiger partial charge in [-0.05, 0) is 34.5 Å². The van der Waals surface area contributed by atoms with Crippen molar-refractivity contribution in [2.75, 3.05) is 11.1 Å². The minimum Gasteiger partial charge on any atom is -0.397 e. The van der Waals surface area contributed by atoms with E-state index in [1.807, 2.05) is 5.38 Å². The Bertz CT molecular complexity index is 764. The van der Waals surface area contributed by atoms with Crippen LogP contribution in [0.4, 0.5) is 11.4 Å². The van der Waals surface area contributed by atoms with Gasteiger partial charge in [0.05, 0.1) is 28.6 Å². The van der Waals surface area contributed by atoms with Crippen LogP contribution in [0, 0.1) is 0 Å². The first kappa shape index (κ1) is 11.7. The van der Waals surface area contributed by atoms with Crippen LogP contribution in [0.5, 0.6) is 0 Å². The number of H-pyrrole nitrogens is 1. The molecular weight excluding hydrogens is 260 g/mol. The Labute approximate surface area is 113 Å². The molecule has 1 aromatic carbocycles. The van der Waals surface area contributed by atoms with Crippen molar-refractivity contribution in [3.63, 3.8) is 0 Å². The fourth-order valence-electron chi connectivity index (χ4n) is 1.88. The largest absolute Gasteiger partial charge is 0.397 e. The Morgan fingerprint density at radius 1 is 1.42 bits per heavy atom. The maximum absolute atomic E-state index is 11.6. The van der Waals surface area contributed by atoms with Crippen LogP contribution >= 0.6 is 11.3 Å². The third-order valence-corrected chi connectivity index (χ3v) is 3.61. The predicted octanol–water partition coefficient (Wildman–Crippen LogP) is 2.18. The number of thiophene rings is 1. The monoisotopic (exact) mass is 272 g/mol. The average molecular weight is 272 g/mol. The number of fused-ring (bicyclic) bond motifs is 1. The maximum atomic E-state index is 11.6. The molecule has 0 saturated carbocycles. The van der Waals surface area contributed by atoms with Gasteiger partial charge in [0.1, 0.15) is 0 Å². The second kappa shape index (κ2) is 4.74. The molecule has 0 spiro atoms. The maximum Gasteiger partial charge on any atom is 0.258 e. The Morgan fingerprint density at radius 2 is 2.32 bits per heavy atom. The van der Waals surface area contributed by atoms with Gasteiger partial charge in [-0.15, -0.1) is 0 Å². The van der Waals surface area contributed by atoms with Gasteiger partial charge in [0.2, 0.25) is 0 Å². The molecule has 2 heterocycles. The van der Waals surface area contributed by atoms with Gasteiger partial charge in [-0.25, -0.2) is 4.98 Å². The van der Waals surface area contributed by atoms with Crippen LogP contribution in [0.2, 0.25) is 0 Å². The Kier molecular flexibility index (Phi) is 2.92. The van der Waals surface area contributed by atoms with Gasteiger partial charge in [-0.2, -0.15) is 11.3 Å². The van der Waals surface area contributed by atoms with Crippen molar-refractivity contribution >= 4 is 33.6 Å². The average Bonchev–Trinajstić information content (AvgIpc) is 2.91. The summed E-state index contributed by atoms with van der Waals surface area (Å²) in [6, 6.07) is 5.50. The van der Waals surface area contributed by atoms with E-state index in [1.54, 1.807) is 23.5 Å². The molecule has 0 amide bonds. The minimum absolute atomic E-state index is 0.180. The van der Waals surface area contributed by atoms with Crippen molar-refractivity contribution in [3.05, 3.63) is 51.2 Å². The van der Waals surface area contributed by atoms with E-state index < -0.39 is 0 Å². The van der Waals surface area contributed by atoms with Crippen LogP contribution in [0.15, 0.2) is 40.1 Å². The van der Waals surface area contributed by atoms with E-state index >= 15 is 0 Å². The fraction of sp³-hybridized carbons (Fsp3) is 0.0769. The van der Waals surface area contributed by atoms with Crippen molar-refractivity contribution < 1.29 is 0 Å². The van der Waals surface area contributed by atoms with Gasteiger partial charge in [-0.3, -0.25) is 4.79 Å². The topological polar surface area (TPSA) is 83.8 Å². The number of anilines is 2. The summed E-state index contributed by atoms with van der Waals surface area (Å²) in [7, 11) is 0. The van der Waals surface area contributed by atoms with E-state index in [2.05, 4.69) is 26.7 Å². The van der Waals surface area contributed by atoms with E-state index in [9.17, 15) is 4.79 Å². The van der Waals surface area contributed by atoms with Crippen molar-refractivity contribution in [2.24, 2.45) is 0 Å². The van der Waals surface area contributed by atoms with Gasteiger partial charge >= 0.3 is 0 Å². The molecule has 0 bridgehead atoms. The molecule has 96 valence electrons. The quantitative estimate of drug-likeness (QED) is 0.638. The number of nitrogens with two attached hydrogens (primary N) is 1. The second-order valence-electron chi connectivity index (χ2n) is 4.17. The molecule has 3 rings (SSSR count). The number of rotatable bonds is 3. The minimum atomic E-state index is -0.180. The summed E-state index contributed by atoms with van der Waals surface area (Å²) < 4.78 is 0. The highest BCUT2D eigenvalue weighted by Gasteiger charge is 2.05. The van der Waals surface area contributed by atoms with Gasteiger partial charge in [0.15, 0.2) is 0 Å². The first-order chi connectivity index (χ1) is 9.24. The predicted molar refractivity (Wildman–Crippen MR) is 78.4 cm³/mol. The zero-order valence-electron chi connectivity index (χ0n) is 10.0. The number of hydrogen-bond acceptors (Lipinski definition) is 5. The highest BCUT2D eigenvalue weighted by molar-refractivity contribution is 7.07.